The highest BCUT2D eigenvalue weighted by molar-refractivity contribution is 5.80. The Morgan fingerprint density at radius 3 is 2.04 bits per heavy atom. The normalized spacial score (nSPS) is 14.3. The molecule has 0 aromatic heterocycles. The molecule has 1 unspecified atom stereocenters. The van der Waals surface area contributed by atoms with Crippen molar-refractivity contribution in [2.24, 2.45) is 5.41 Å². The number of carboxylic acid groups (broad SMARTS) is 1. The average molecular weight is 367 g/mol. The fraction of sp³-hybridized carbons (Fsp3) is 0.364. The molecule has 0 saturated carbocycles. The Balaban J connectivity index is 1.77. The van der Waals surface area contributed by atoms with E-state index in [2.05, 4.69) is 29.6 Å². The fourth-order valence-electron chi connectivity index (χ4n) is 3.62. The summed E-state index contributed by atoms with van der Waals surface area (Å²) in [4.78, 5) is 23.6. The highest BCUT2D eigenvalue weighted by Gasteiger charge is 2.35. The van der Waals surface area contributed by atoms with Crippen molar-refractivity contribution in [3.63, 3.8) is 0 Å². The van der Waals surface area contributed by atoms with Crippen LogP contribution in [0, 0.1) is 5.41 Å². The first-order valence-electron chi connectivity index (χ1n) is 9.09. The van der Waals surface area contributed by atoms with Crippen molar-refractivity contribution < 1.29 is 19.4 Å². The van der Waals surface area contributed by atoms with Crippen molar-refractivity contribution in [2.45, 2.75) is 32.7 Å². The number of esters is 1. The Bertz CT molecular complexity index is 808. The number of ether oxygens (including phenoxy) is 1. The van der Waals surface area contributed by atoms with Crippen LogP contribution in [-0.4, -0.2) is 36.2 Å². The van der Waals surface area contributed by atoms with Gasteiger partial charge in [-0.15, -0.1) is 0 Å². The number of nitrogens with one attached hydrogen (secondary N) is 1. The minimum absolute atomic E-state index is 0.0126. The summed E-state index contributed by atoms with van der Waals surface area (Å²) in [5.41, 5.74) is 4.18. The van der Waals surface area contributed by atoms with Crippen LogP contribution in [0.2, 0.25) is 0 Å². The van der Waals surface area contributed by atoms with Gasteiger partial charge in [0.15, 0.2) is 0 Å². The van der Waals surface area contributed by atoms with E-state index in [1.54, 1.807) is 0 Å². The van der Waals surface area contributed by atoms with Crippen LogP contribution in [-0.2, 0) is 14.3 Å². The van der Waals surface area contributed by atoms with Gasteiger partial charge in [-0.25, -0.2) is 0 Å². The monoisotopic (exact) mass is 367 g/mol. The lowest BCUT2D eigenvalue weighted by molar-refractivity contribution is -0.149. The SMILES string of the molecule is CC(C)(C)C(NCC(=O)O)C(=O)OCC1c2ccccc2-c2ccccc21. The first-order chi connectivity index (χ1) is 12.8. The molecular formula is C22H25NO4. The van der Waals surface area contributed by atoms with Crippen LogP contribution in [0.15, 0.2) is 48.5 Å². The number of benzene rings is 2. The van der Waals surface area contributed by atoms with E-state index in [-0.39, 0.29) is 19.1 Å². The van der Waals surface area contributed by atoms with Crippen LogP contribution in [0.3, 0.4) is 0 Å². The Kier molecular flexibility index (Phi) is 5.33. The van der Waals surface area contributed by atoms with Gasteiger partial charge < -0.3 is 9.84 Å². The van der Waals surface area contributed by atoms with E-state index < -0.39 is 23.4 Å². The van der Waals surface area contributed by atoms with Gasteiger partial charge in [-0.1, -0.05) is 69.3 Å². The number of aliphatic carboxylic acids is 1. The standard InChI is InChI=1S/C22H25NO4/c1-22(2,3)20(23-12-19(24)25)21(26)27-13-18-16-10-6-4-8-14(16)15-9-5-7-11-17(15)18/h4-11,18,20,23H,12-13H2,1-3H3,(H,24,25). The van der Waals surface area contributed by atoms with Crippen LogP contribution in [0.25, 0.3) is 11.1 Å². The maximum absolute atomic E-state index is 12.7. The second kappa shape index (κ2) is 7.53. The highest BCUT2D eigenvalue weighted by Crippen LogP contribution is 2.44. The summed E-state index contributed by atoms with van der Waals surface area (Å²) in [5.74, 6) is -1.44. The summed E-state index contributed by atoms with van der Waals surface area (Å²) in [6.07, 6.45) is 0. The third-order valence-electron chi connectivity index (χ3n) is 4.91. The second-order valence-electron chi connectivity index (χ2n) is 7.93. The van der Waals surface area contributed by atoms with Crippen LogP contribution < -0.4 is 5.32 Å². The molecule has 0 radical (unpaired) electrons. The maximum Gasteiger partial charge on any atom is 0.323 e. The minimum atomic E-state index is -1.00. The van der Waals surface area contributed by atoms with Gasteiger partial charge in [-0.05, 0) is 27.7 Å². The van der Waals surface area contributed by atoms with Gasteiger partial charge in [0, 0.05) is 5.92 Å². The number of carbonyl (C=O) groups is 2. The summed E-state index contributed by atoms with van der Waals surface area (Å²) in [6.45, 7) is 5.59. The third kappa shape index (κ3) is 4.03. The van der Waals surface area contributed by atoms with Crippen LogP contribution in [0.4, 0.5) is 0 Å². The molecule has 0 spiro atoms. The molecule has 1 atom stereocenters. The zero-order valence-corrected chi connectivity index (χ0v) is 15.9. The quantitative estimate of drug-likeness (QED) is 0.765. The molecule has 0 bridgehead atoms. The van der Waals surface area contributed by atoms with E-state index in [1.165, 1.54) is 11.1 Å². The molecule has 0 fully saturated rings. The van der Waals surface area contributed by atoms with E-state index >= 15 is 0 Å². The molecule has 1 aliphatic carbocycles. The zero-order valence-electron chi connectivity index (χ0n) is 15.9. The summed E-state index contributed by atoms with van der Waals surface area (Å²) in [7, 11) is 0. The Morgan fingerprint density at radius 2 is 1.56 bits per heavy atom. The van der Waals surface area contributed by atoms with Crippen LogP contribution in [0.1, 0.15) is 37.8 Å². The Hall–Kier alpha value is -2.66. The van der Waals surface area contributed by atoms with Gasteiger partial charge in [0.25, 0.3) is 0 Å². The molecule has 2 aromatic carbocycles. The minimum Gasteiger partial charge on any atom is -0.480 e. The predicted octanol–water partition coefficient (Wildman–Crippen LogP) is 3.43. The van der Waals surface area contributed by atoms with Gasteiger partial charge in [0.05, 0.1) is 6.54 Å². The van der Waals surface area contributed by atoms with Crippen LogP contribution in [0.5, 0.6) is 0 Å². The molecule has 142 valence electrons. The maximum atomic E-state index is 12.7. The topological polar surface area (TPSA) is 75.6 Å². The molecule has 3 rings (SSSR count). The van der Waals surface area contributed by atoms with Gasteiger partial charge in [0.1, 0.15) is 12.6 Å². The molecule has 2 aromatic rings. The molecular weight excluding hydrogens is 342 g/mol. The molecule has 5 nitrogen and oxygen atoms in total. The van der Waals surface area contributed by atoms with Crippen molar-refractivity contribution >= 4 is 11.9 Å². The number of fused-ring (bicyclic) bond motifs is 3. The van der Waals surface area contributed by atoms with Crippen molar-refractivity contribution in [2.75, 3.05) is 13.2 Å². The van der Waals surface area contributed by atoms with Crippen molar-refractivity contribution in [1.82, 2.24) is 5.32 Å². The van der Waals surface area contributed by atoms with E-state index in [1.807, 2.05) is 45.0 Å². The molecule has 0 aliphatic heterocycles. The molecule has 0 amide bonds. The Labute approximate surface area is 159 Å². The predicted molar refractivity (Wildman–Crippen MR) is 104 cm³/mol. The first-order valence-corrected chi connectivity index (χ1v) is 9.09. The Morgan fingerprint density at radius 1 is 1.04 bits per heavy atom. The van der Waals surface area contributed by atoms with Gasteiger partial charge in [-0.3, -0.25) is 14.9 Å². The summed E-state index contributed by atoms with van der Waals surface area (Å²) in [5, 5.41) is 11.7. The molecule has 1 aliphatic rings. The number of hydrogen-bond acceptors (Lipinski definition) is 4. The number of rotatable bonds is 6. The fourth-order valence-corrected chi connectivity index (χ4v) is 3.62. The highest BCUT2D eigenvalue weighted by atomic mass is 16.5. The number of hydrogen-bond donors (Lipinski definition) is 2. The molecule has 2 N–H and O–H groups in total. The molecule has 27 heavy (non-hydrogen) atoms. The van der Waals surface area contributed by atoms with Crippen molar-refractivity contribution in [1.29, 1.82) is 0 Å². The van der Waals surface area contributed by atoms with Gasteiger partial charge in [0.2, 0.25) is 0 Å². The lowest BCUT2D eigenvalue weighted by Gasteiger charge is -2.29. The molecule has 5 heteroatoms. The lowest BCUT2D eigenvalue weighted by atomic mass is 9.86. The second-order valence-corrected chi connectivity index (χ2v) is 7.93. The van der Waals surface area contributed by atoms with Gasteiger partial charge >= 0.3 is 11.9 Å². The van der Waals surface area contributed by atoms with Crippen molar-refractivity contribution in [3.05, 3.63) is 59.7 Å². The lowest BCUT2D eigenvalue weighted by Crippen LogP contribution is -2.49. The third-order valence-corrected chi connectivity index (χ3v) is 4.91. The largest absolute Gasteiger partial charge is 0.480 e. The first kappa shape index (κ1) is 19.1. The summed E-state index contributed by atoms with van der Waals surface area (Å²) < 4.78 is 5.67. The van der Waals surface area contributed by atoms with E-state index in [4.69, 9.17) is 9.84 Å². The summed E-state index contributed by atoms with van der Waals surface area (Å²) in [6, 6.07) is 15.6. The molecule has 0 saturated heterocycles. The van der Waals surface area contributed by atoms with Gasteiger partial charge in [-0.2, -0.15) is 0 Å². The summed E-state index contributed by atoms with van der Waals surface area (Å²) >= 11 is 0. The number of carbonyl (C=O) groups excluding carboxylic acids is 1. The van der Waals surface area contributed by atoms with Crippen LogP contribution >= 0.6 is 0 Å². The van der Waals surface area contributed by atoms with E-state index in [0.717, 1.165) is 11.1 Å². The zero-order chi connectivity index (χ0) is 19.6. The number of carboxylic acids is 1. The van der Waals surface area contributed by atoms with E-state index in [0.29, 0.717) is 0 Å². The van der Waals surface area contributed by atoms with Crippen molar-refractivity contribution in [3.8, 4) is 11.1 Å². The van der Waals surface area contributed by atoms with E-state index in [9.17, 15) is 9.59 Å². The average Bonchev–Trinajstić information content (AvgIpc) is 2.93. The smallest absolute Gasteiger partial charge is 0.323 e. The molecule has 0 heterocycles.